The van der Waals surface area contributed by atoms with Crippen LogP contribution in [0.5, 0.6) is 0 Å². The van der Waals surface area contributed by atoms with E-state index >= 15 is 0 Å². The maximum absolute atomic E-state index is 11.8. The van der Waals surface area contributed by atoms with E-state index in [1.807, 2.05) is 31.2 Å². The lowest BCUT2D eigenvalue weighted by atomic mass is 9.88. The average Bonchev–Trinajstić information content (AvgIpc) is 2.72. The number of benzene rings is 1. The Labute approximate surface area is 106 Å². The Kier molecular flexibility index (Phi) is 3.65. The van der Waals surface area contributed by atoms with Crippen LogP contribution < -0.4 is 5.32 Å². The minimum absolute atomic E-state index is 0.128. The maximum Gasteiger partial charge on any atom is 0.319 e. The van der Waals surface area contributed by atoms with Crippen molar-refractivity contribution in [3.05, 3.63) is 35.4 Å². The molecule has 4 nitrogen and oxygen atoms in total. The van der Waals surface area contributed by atoms with Gasteiger partial charge in [-0.15, -0.1) is 0 Å². The summed E-state index contributed by atoms with van der Waals surface area (Å²) >= 11 is 0. The normalized spacial score (nSPS) is 22.7. The Morgan fingerprint density at radius 2 is 2.06 bits per heavy atom. The molecule has 0 bridgehead atoms. The zero-order valence-electron chi connectivity index (χ0n) is 10.6. The summed E-state index contributed by atoms with van der Waals surface area (Å²) in [6.07, 6.45) is 0. The topological polar surface area (TPSA) is 55.4 Å². The van der Waals surface area contributed by atoms with Gasteiger partial charge in [-0.3, -0.25) is 9.59 Å². The van der Waals surface area contributed by atoms with Gasteiger partial charge in [-0.05, 0) is 19.4 Å². The fourth-order valence-corrected chi connectivity index (χ4v) is 2.25. The summed E-state index contributed by atoms with van der Waals surface area (Å²) < 4.78 is 4.97. The van der Waals surface area contributed by atoms with E-state index in [1.165, 1.54) is 0 Å². The van der Waals surface area contributed by atoms with Gasteiger partial charge in [-0.25, -0.2) is 0 Å². The van der Waals surface area contributed by atoms with Gasteiger partial charge < -0.3 is 10.1 Å². The van der Waals surface area contributed by atoms with E-state index in [4.69, 9.17) is 4.74 Å². The molecule has 0 saturated carbocycles. The largest absolute Gasteiger partial charge is 0.465 e. The molecule has 1 saturated heterocycles. The zero-order chi connectivity index (χ0) is 13.1. The highest BCUT2D eigenvalue weighted by atomic mass is 16.5. The second kappa shape index (κ2) is 5.21. The Morgan fingerprint density at radius 3 is 2.67 bits per heavy atom. The first-order chi connectivity index (χ1) is 8.63. The molecule has 4 heteroatoms. The first-order valence-electron chi connectivity index (χ1n) is 6.14. The zero-order valence-corrected chi connectivity index (χ0v) is 10.6. The summed E-state index contributed by atoms with van der Waals surface area (Å²) in [6.45, 7) is 4.53. The van der Waals surface area contributed by atoms with E-state index in [-0.39, 0.29) is 11.8 Å². The third-order valence-electron chi connectivity index (χ3n) is 3.23. The van der Waals surface area contributed by atoms with Crippen LogP contribution in [-0.2, 0) is 14.3 Å². The number of hydrogen-bond acceptors (Lipinski definition) is 3. The summed E-state index contributed by atoms with van der Waals surface area (Å²) in [5.41, 5.74) is 2.15. The molecule has 1 aromatic rings. The van der Waals surface area contributed by atoms with Gasteiger partial charge in [0.15, 0.2) is 0 Å². The number of esters is 1. The molecule has 1 heterocycles. The van der Waals surface area contributed by atoms with E-state index in [0.29, 0.717) is 13.2 Å². The molecule has 1 aliphatic heterocycles. The molecule has 96 valence electrons. The minimum atomic E-state index is -0.715. The molecule has 0 aromatic heterocycles. The minimum Gasteiger partial charge on any atom is -0.465 e. The maximum atomic E-state index is 11.8. The number of carbonyl (C=O) groups is 2. The molecule has 1 amide bonds. The van der Waals surface area contributed by atoms with E-state index in [2.05, 4.69) is 5.32 Å². The van der Waals surface area contributed by atoms with Gasteiger partial charge in [0.25, 0.3) is 0 Å². The van der Waals surface area contributed by atoms with Gasteiger partial charge in [0.2, 0.25) is 5.91 Å². The molecule has 1 aliphatic rings. The molecular weight excluding hydrogens is 230 g/mol. The van der Waals surface area contributed by atoms with Crippen molar-refractivity contribution >= 4 is 11.9 Å². The van der Waals surface area contributed by atoms with Gasteiger partial charge in [0.05, 0.1) is 6.61 Å². The average molecular weight is 247 g/mol. The fourth-order valence-electron chi connectivity index (χ4n) is 2.25. The fraction of sp³-hybridized carbons (Fsp3) is 0.429. The summed E-state index contributed by atoms with van der Waals surface area (Å²) in [5, 5.41) is 2.73. The SMILES string of the molecule is CCOC(=O)C1C(=O)NC[C@@H]1c1ccc(C)cc1. The van der Waals surface area contributed by atoms with Crippen molar-refractivity contribution in [2.75, 3.05) is 13.2 Å². The molecule has 2 rings (SSSR count). The highest BCUT2D eigenvalue weighted by Gasteiger charge is 2.41. The summed E-state index contributed by atoms with van der Waals surface area (Å²) in [4.78, 5) is 23.6. The summed E-state index contributed by atoms with van der Waals surface area (Å²) in [7, 11) is 0. The summed E-state index contributed by atoms with van der Waals surface area (Å²) in [5.74, 6) is -1.51. The van der Waals surface area contributed by atoms with Crippen molar-refractivity contribution in [1.82, 2.24) is 5.32 Å². The van der Waals surface area contributed by atoms with Crippen molar-refractivity contribution in [1.29, 1.82) is 0 Å². The van der Waals surface area contributed by atoms with Crippen molar-refractivity contribution < 1.29 is 14.3 Å². The molecule has 1 unspecified atom stereocenters. The smallest absolute Gasteiger partial charge is 0.319 e. The van der Waals surface area contributed by atoms with Crippen molar-refractivity contribution in [2.24, 2.45) is 5.92 Å². The number of amides is 1. The second-order valence-electron chi connectivity index (χ2n) is 4.49. The Morgan fingerprint density at radius 1 is 1.39 bits per heavy atom. The van der Waals surface area contributed by atoms with Crippen LogP contribution >= 0.6 is 0 Å². The molecule has 1 aromatic carbocycles. The number of aryl methyl sites for hydroxylation is 1. The Hall–Kier alpha value is -1.84. The molecule has 0 spiro atoms. The van der Waals surface area contributed by atoms with Gasteiger partial charge in [0, 0.05) is 12.5 Å². The number of carbonyl (C=O) groups excluding carboxylic acids is 2. The first-order valence-corrected chi connectivity index (χ1v) is 6.14. The molecule has 2 atom stereocenters. The molecule has 1 N–H and O–H groups in total. The van der Waals surface area contributed by atoms with Gasteiger partial charge in [0.1, 0.15) is 5.92 Å². The Bertz CT molecular complexity index is 453. The van der Waals surface area contributed by atoms with Crippen LogP contribution in [0.1, 0.15) is 24.0 Å². The molecule has 0 radical (unpaired) electrons. The highest BCUT2D eigenvalue weighted by Crippen LogP contribution is 2.30. The van der Waals surface area contributed by atoms with E-state index in [9.17, 15) is 9.59 Å². The number of nitrogens with one attached hydrogen (secondary N) is 1. The second-order valence-corrected chi connectivity index (χ2v) is 4.49. The van der Waals surface area contributed by atoms with E-state index < -0.39 is 11.9 Å². The standard InChI is InChI=1S/C14H17NO3/c1-3-18-14(17)12-11(8-15-13(12)16)10-6-4-9(2)5-7-10/h4-7,11-12H,3,8H2,1-2H3,(H,15,16)/t11-,12?/m1/s1. The highest BCUT2D eigenvalue weighted by molar-refractivity contribution is 6.00. The van der Waals surface area contributed by atoms with Crippen LogP contribution in [0, 0.1) is 12.8 Å². The van der Waals surface area contributed by atoms with Crippen LogP contribution in [0.2, 0.25) is 0 Å². The third kappa shape index (κ3) is 2.37. The third-order valence-corrected chi connectivity index (χ3v) is 3.23. The molecule has 0 aliphatic carbocycles. The van der Waals surface area contributed by atoms with Crippen LogP contribution in [0.3, 0.4) is 0 Å². The predicted molar refractivity (Wildman–Crippen MR) is 67.1 cm³/mol. The van der Waals surface area contributed by atoms with Crippen LogP contribution in [0.4, 0.5) is 0 Å². The Balaban J connectivity index is 2.23. The molecular formula is C14H17NO3. The number of hydrogen-bond donors (Lipinski definition) is 1. The number of ether oxygens (including phenoxy) is 1. The lowest BCUT2D eigenvalue weighted by molar-refractivity contribution is -0.151. The predicted octanol–water partition coefficient (Wildman–Crippen LogP) is 1.39. The van der Waals surface area contributed by atoms with Gasteiger partial charge >= 0.3 is 5.97 Å². The van der Waals surface area contributed by atoms with Crippen molar-refractivity contribution in [3.63, 3.8) is 0 Å². The van der Waals surface area contributed by atoms with Crippen LogP contribution in [0.25, 0.3) is 0 Å². The van der Waals surface area contributed by atoms with Crippen LogP contribution in [-0.4, -0.2) is 25.0 Å². The van der Waals surface area contributed by atoms with Crippen LogP contribution in [0.15, 0.2) is 24.3 Å². The number of rotatable bonds is 3. The quantitative estimate of drug-likeness (QED) is 0.648. The van der Waals surface area contributed by atoms with Crippen molar-refractivity contribution in [3.8, 4) is 0 Å². The molecule has 18 heavy (non-hydrogen) atoms. The van der Waals surface area contributed by atoms with E-state index in [1.54, 1.807) is 6.92 Å². The first kappa shape index (κ1) is 12.6. The summed E-state index contributed by atoms with van der Waals surface area (Å²) in [6, 6.07) is 7.90. The monoisotopic (exact) mass is 247 g/mol. The van der Waals surface area contributed by atoms with Crippen molar-refractivity contribution in [2.45, 2.75) is 19.8 Å². The lowest BCUT2D eigenvalue weighted by Crippen LogP contribution is -2.28. The van der Waals surface area contributed by atoms with E-state index in [0.717, 1.165) is 11.1 Å². The lowest BCUT2D eigenvalue weighted by Gasteiger charge is -2.15. The van der Waals surface area contributed by atoms with Gasteiger partial charge in [-0.1, -0.05) is 29.8 Å². The molecule has 1 fully saturated rings. The van der Waals surface area contributed by atoms with Gasteiger partial charge in [-0.2, -0.15) is 0 Å².